The Bertz CT molecular complexity index is 1390. The summed E-state index contributed by atoms with van der Waals surface area (Å²) in [6, 6.07) is 17.1. The average Bonchev–Trinajstić information content (AvgIpc) is 3.26. The van der Waals surface area contributed by atoms with Gasteiger partial charge in [0.25, 0.3) is 0 Å². The van der Waals surface area contributed by atoms with E-state index >= 15 is 0 Å². The van der Waals surface area contributed by atoms with Gasteiger partial charge in [-0.15, -0.1) is 0 Å². The van der Waals surface area contributed by atoms with Crippen LogP contribution in [0.5, 0.6) is 5.75 Å². The van der Waals surface area contributed by atoms with E-state index in [0.717, 1.165) is 10.2 Å². The molecule has 4 aromatic rings. The lowest BCUT2D eigenvalue weighted by Crippen LogP contribution is -2.30. The number of pyridine rings is 1. The zero-order valence-electron chi connectivity index (χ0n) is 18.3. The SMILES string of the molecule is COc1ccc2sc(N(Cc3ccccn3)C(=O)CCCS(=O)(=O)c3ccc(Cl)cc3)nc2c1. The van der Waals surface area contributed by atoms with Crippen LogP contribution in [0.1, 0.15) is 18.5 Å². The first-order chi connectivity index (χ1) is 16.4. The molecule has 2 heterocycles. The van der Waals surface area contributed by atoms with Crippen LogP contribution >= 0.6 is 22.9 Å². The van der Waals surface area contributed by atoms with E-state index in [0.29, 0.717) is 21.6 Å². The van der Waals surface area contributed by atoms with E-state index in [9.17, 15) is 13.2 Å². The van der Waals surface area contributed by atoms with Crippen molar-refractivity contribution < 1.29 is 17.9 Å². The van der Waals surface area contributed by atoms with Crippen LogP contribution < -0.4 is 9.64 Å². The summed E-state index contributed by atoms with van der Waals surface area (Å²) in [5.41, 5.74) is 1.44. The van der Waals surface area contributed by atoms with Crippen LogP contribution in [-0.4, -0.2) is 37.2 Å². The summed E-state index contributed by atoms with van der Waals surface area (Å²) in [5, 5.41) is 0.993. The number of anilines is 1. The second-order valence-electron chi connectivity index (χ2n) is 7.51. The van der Waals surface area contributed by atoms with Gasteiger partial charge in [-0.2, -0.15) is 0 Å². The Morgan fingerprint density at radius 3 is 2.62 bits per heavy atom. The number of benzene rings is 2. The minimum absolute atomic E-state index is 0.0545. The summed E-state index contributed by atoms with van der Waals surface area (Å²) >= 11 is 7.24. The van der Waals surface area contributed by atoms with Gasteiger partial charge < -0.3 is 4.74 Å². The van der Waals surface area contributed by atoms with E-state index in [-0.39, 0.29) is 35.9 Å². The van der Waals surface area contributed by atoms with Crippen molar-refractivity contribution >= 4 is 54.0 Å². The maximum Gasteiger partial charge on any atom is 0.229 e. The first kappa shape index (κ1) is 24.1. The van der Waals surface area contributed by atoms with E-state index in [1.54, 1.807) is 24.3 Å². The monoisotopic (exact) mass is 515 g/mol. The smallest absolute Gasteiger partial charge is 0.229 e. The molecule has 4 rings (SSSR count). The molecule has 2 aromatic carbocycles. The molecule has 0 unspecified atom stereocenters. The molecule has 0 aliphatic heterocycles. The zero-order chi connectivity index (χ0) is 24.1. The standard InChI is InChI=1S/C24H22ClN3O4S2/c1-32-19-9-12-22-21(15-19)27-24(33-22)28(16-18-5-2-3-13-26-18)23(29)6-4-14-34(30,31)20-10-7-17(25)8-11-20/h2-3,5,7-13,15H,4,6,14,16H2,1H3. The maximum atomic E-state index is 13.2. The zero-order valence-corrected chi connectivity index (χ0v) is 20.7. The summed E-state index contributed by atoms with van der Waals surface area (Å²) in [5.74, 6) is 0.316. The number of carbonyl (C=O) groups excluding carboxylic acids is 1. The summed E-state index contributed by atoms with van der Waals surface area (Å²) in [4.78, 5) is 24.0. The molecule has 10 heteroatoms. The van der Waals surface area contributed by atoms with E-state index in [1.165, 1.54) is 35.6 Å². The molecule has 7 nitrogen and oxygen atoms in total. The molecule has 176 valence electrons. The fourth-order valence-electron chi connectivity index (χ4n) is 3.36. The molecule has 0 aliphatic carbocycles. The Balaban J connectivity index is 1.53. The number of hydrogen-bond donors (Lipinski definition) is 0. The van der Waals surface area contributed by atoms with Gasteiger partial charge in [0.1, 0.15) is 5.75 Å². The number of aromatic nitrogens is 2. The number of carbonyl (C=O) groups is 1. The summed E-state index contributed by atoms with van der Waals surface area (Å²) in [7, 11) is -1.93. The first-order valence-electron chi connectivity index (χ1n) is 10.5. The highest BCUT2D eigenvalue weighted by molar-refractivity contribution is 7.91. The van der Waals surface area contributed by atoms with Crippen molar-refractivity contribution in [1.29, 1.82) is 0 Å². The summed E-state index contributed by atoms with van der Waals surface area (Å²) in [6.45, 7) is 0.237. The van der Waals surface area contributed by atoms with E-state index in [2.05, 4.69) is 9.97 Å². The molecule has 0 N–H and O–H groups in total. The molecular weight excluding hydrogens is 494 g/mol. The van der Waals surface area contributed by atoms with Gasteiger partial charge in [0, 0.05) is 23.7 Å². The van der Waals surface area contributed by atoms with Crippen LogP contribution in [-0.2, 0) is 21.2 Å². The van der Waals surface area contributed by atoms with Crippen LogP contribution in [0.25, 0.3) is 10.2 Å². The van der Waals surface area contributed by atoms with Gasteiger partial charge in [-0.3, -0.25) is 14.7 Å². The average molecular weight is 516 g/mol. The van der Waals surface area contributed by atoms with Crippen LogP contribution in [0, 0.1) is 0 Å². The molecule has 0 bridgehead atoms. The molecule has 2 aromatic heterocycles. The Labute approximate surface area is 206 Å². The van der Waals surface area contributed by atoms with Crippen molar-refractivity contribution in [1.82, 2.24) is 9.97 Å². The van der Waals surface area contributed by atoms with Crippen LogP contribution in [0.2, 0.25) is 5.02 Å². The number of ether oxygens (including phenoxy) is 1. The number of hydrogen-bond acceptors (Lipinski definition) is 7. The third-order valence-electron chi connectivity index (χ3n) is 5.14. The van der Waals surface area contributed by atoms with Gasteiger partial charge in [-0.25, -0.2) is 13.4 Å². The van der Waals surface area contributed by atoms with Crippen LogP contribution in [0.15, 0.2) is 71.8 Å². The Morgan fingerprint density at radius 2 is 1.91 bits per heavy atom. The third-order valence-corrected chi connectivity index (χ3v) is 8.27. The third kappa shape index (κ3) is 5.72. The van der Waals surface area contributed by atoms with Crippen molar-refractivity contribution in [3.05, 3.63) is 77.6 Å². The van der Waals surface area contributed by atoms with Crippen molar-refractivity contribution in [2.24, 2.45) is 0 Å². The van der Waals surface area contributed by atoms with Crippen LogP contribution in [0.4, 0.5) is 5.13 Å². The van der Waals surface area contributed by atoms with Crippen molar-refractivity contribution in [2.75, 3.05) is 17.8 Å². The predicted molar refractivity (Wildman–Crippen MR) is 134 cm³/mol. The lowest BCUT2D eigenvalue weighted by Gasteiger charge is -2.19. The molecular formula is C24H22ClN3O4S2. The lowest BCUT2D eigenvalue weighted by atomic mass is 10.2. The topological polar surface area (TPSA) is 89.5 Å². The molecule has 1 amide bonds. The maximum absolute atomic E-state index is 13.2. The van der Waals surface area contributed by atoms with E-state index in [4.69, 9.17) is 16.3 Å². The molecule has 34 heavy (non-hydrogen) atoms. The number of amides is 1. The van der Waals surface area contributed by atoms with Crippen molar-refractivity contribution in [3.8, 4) is 5.75 Å². The number of fused-ring (bicyclic) bond motifs is 1. The fourth-order valence-corrected chi connectivity index (χ4v) is 5.76. The number of methoxy groups -OCH3 is 1. The first-order valence-corrected chi connectivity index (χ1v) is 13.3. The van der Waals surface area contributed by atoms with Gasteiger partial charge in [0.2, 0.25) is 5.91 Å². The molecule has 0 radical (unpaired) electrons. The fraction of sp³-hybridized carbons (Fsp3) is 0.208. The van der Waals surface area contributed by atoms with Gasteiger partial charge >= 0.3 is 0 Å². The van der Waals surface area contributed by atoms with Gasteiger partial charge in [0.15, 0.2) is 15.0 Å². The van der Waals surface area contributed by atoms with Gasteiger partial charge in [0.05, 0.1) is 40.2 Å². The normalized spacial score (nSPS) is 11.5. The molecule has 0 fully saturated rings. The molecule has 0 saturated heterocycles. The molecule has 0 saturated carbocycles. The molecule has 0 aliphatic rings. The lowest BCUT2D eigenvalue weighted by molar-refractivity contribution is -0.118. The molecule has 0 spiro atoms. The second kappa shape index (κ2) is 10.5. The van der Waals surface area contributed by atoms with Crippen LogP contribution in [0.3, 0.4) is 0 Å². The number of halogens is 1. The Hall–Kier alpha value is -3.01. The van der Waals surface area contributed by atoms with Gasteiger partial charge in [-0.05, 0) is 55.0 Å². The summed E-state index contributed by atoms with van der Waals surface area (Å²) < 4.78 is 31.5. The molecule has 0 atom stereocenters. The second-order valence-corrected chi connectivity index (χ2v) is 11.1. The predicted octanol–water partition coefficient (Wildman–Crippen LogP) is 5.14. The highest BCUT2D eigenvalue weighted by atomic mass is 35.5. The Kier molecular flexibility index (Phi) is 7.45. The number of nitrogens with zero attached hydrogens (tertiary/aromatic N) is 3. The van der Waals surface area contributed by atoms with Gasteiger partial charge in [-0.1, -0.05) is 29.0 Å². The highest BCUT2D eigenvalue weighted by Gasteiger charge is 2.22. The minimum Gasteiger partial charge on any atom is -0.497 e. The number of thiazole rings is 1. The largest absolute Gasteiger partial charge is 0.497 e. The minimum atomic E-state index is -3.52. The van der Waals surface area contributed by atoms with E-state index in [1.807, 2.05) is 30.3 Å². The van der Waals surface area contributed by atoms with E-state index < -0.39 is 9.84 Å². The highest BCUT2D eigenvalue weighted by Crippen LogP contribution is 2.32. The Morgan fingerprint density at radius 1 is 1.12 bits per heavy atom. The number of rotatable bonds is 9. The quantitative estimate of drug-likeness (QED) is 0.306. The summed E-state index contributed by atoms with van der Waals surface area (Å²) in [6.07, 6.45) is 1.90. The van der Waals surface area contributed by atoms with Crippen molar-refractivity contribution in [3.63, 3.8) is 0 Å². The van der Waals surface area contributed by atoms with Crippen molar-refractivity contribution in [2.45, 2.75) is 24.3 Å². The number of sulfone groups is 1.